The van der Waals surface area contributed by atoms with Gasteiger partial charge in [0.1, 0.15) is 17.6 Å². The van der Waals surface area contributed by atoms with Crippen molar-refractivity contribution in [2.45, 2.75) is 38.3 Å². The van der Waals surface area contributed by atoms with E-state index >= 15 is 0 Å². The van der Waals surface area contributed by atoms with E-state index in [2.05, 4.69) is 0 Å². The monoisotopic (exact) mass is 293 g/mol. The number of hydrogen-bond donors (Lipinski definition) is 2. The van der Waals surface area contributed by atoms with Gasteiger partial charge in [0.25, 0.3) is 0 Å². The summed E-state index contributed by atoms with van der Waals surface area (Å²) in [5.74, 6) is -0.762. The summed E-state index contributed by atoms with van der Waals surface area (Å²) >= 11 is 0. The van der Waals surface area contributed by atoms with Crippen LogP contribution in [-0.2, 0) is 4.79 Å². The second kappa shape index (κ2) is 5.30. The first-order valence-electron chi connectivity index (χ1n) is 7.46. The van der Waals surface area contributed by atoms with Crippen LogP contribution in [0.1, 0.15) is 37.8 Å². The standard InChI is InChI=1S/C16H20FNO3/c1-9(12-6-5-11(17)7-14(12)19)18-8-10-3-2-4-13(10)15(18)16(20)21/h5-7,9-10,13,15,19H,2-4,8H2,1H3,(H,20,21). The van der Waals surface area contributed by atoms with Gasteiger partial charge < -0.3 is 10.2 Å². The van der Waals surface area contributed by atoms with Crippen LogP contribution < -0.4 is 0 Å². The lowest BCUT2D eigenvalue weighted by molar-refractivity contribution is -0.144. The van der Waals surface area contributed by atoms with Crippen molar-refractivity contribution in [2.24, 2.45) is 11.8 Å². The molecule has 114 valence electrons. The topological polar surface area (TPSA) is 60.8 Å². The maximum atomic E-state index is 13.1. The van der Waals surface area contributed by atoms with E-state index in [1.54, 1.807) is 6.07 Å². The summed E-state index contributed by atoms with van der Waals surface area (Å²) in [7, 11) is 0. The molecule has 0 amide bonds. The van der Waals surface area contributed by atoms with Crippen molar-refractivity contribution in [2.75, 3.05) is 6.54 Å². The molecule has 1 aliphatic carbocycles. The van der Waals surface area contributed by atoms with Gasteiger partial charge in [0, 0.05) is 24.2 Å². The van der Waals surface area contributed by atoms with Crippen LogP contribution in [0.4, 0.5) is 4.39 Å². The molecule has 0 spiro atoms. The van der Waals surface area contributed by atoms with Crippen molar-refractivity contribution in [3.05, 3.63) is 29.6 Å². The molecule has 21 heavy (non-hydrogen) atoms. The van der Waals surface area contributed by atoms with Crippen molar-refractivity contribution in [1.82, 2.24) is 4.90 Å². The van der Waals surface area contributed by atoms with Crippen LogP contribution >= 0.6 is 0 Å². The van der Waals surface area contributed by atoms with Crippen LogP contribution in [0.15, 0.2) is 18.2 Å². The molecule has 4 nitrogen and oxygen atoms in total. The van der Waals surface area contributed by atoms with Gasteiger partial charge in [-0.3, -0.25) is 9.69 Å². The Labute approximate surface area is 123 Å². The highest BCUT2D eigenvalue weighted by Gasteiger charge is 2.49. The van der Waals surface area contributed by atoms with E-state index in [0.717, 1.165) is 31.9 Å². The molecule has 1 aromatic carbocycles. The summed E-state index contributed by atoms with van der Waals surface area (Å²) < 4.78 is 13.1. The zero-order valence-electron chi connectivity index (χ0n) is 12.0. The van der Waals surface area contributed by atoms with Gasteiger partial charge in [0.05, 0.1) is 0 Å². The first-order valence-corrected chi connectivity index (χ1v) is 7.46. The predicted octanol–water partition coefficient (Wildman–Crippen LogP) is 2.78. The number of hydrogen-bond acceptors (Lipinski definition) is 3. The number of rotatable bonds is 3. The molecule has 4 unspecified atom stereocenters. The highest BCUT2D eigenvalue weighted by Crippen LogP contribution is 2.46. The number of halogens is 1. The number of aliphatic carboxylic acids is 1. The fraction of sp³-hybridized carbons (Fsp3) is 0.562. The number of benzene rings is 1. The van der Waals surface area contributed by atoms with Crippen LogP contribution in [0.2, 0.25) is 0 Å². The molecular weight excluding hydrogens is 273 g/mol. The van der Waals surface area contributed by atoms with Crippen LogP contribution in [0.25, 0.3) is 0 Å². The smallest absolute Gasteiger partial charge is 0.321 e. The van der Waals surface area contributed by atoms with E-state index in [4.69, 9.17) is 0 Å². The highest BCUT2D eigenvalue weighted by molar-refractivity contribution is 5.74. The zero-order valence-corrected chi connectivity index (χ0v) is 12.0. The van der Waals surface area contributed by atoms with Gasteiger partial charge in [0.2, 0.25) is 0 Å². The van der Waals surface area contributed by atoms with Crippen molar-refractivity contribution in [1.29, 1.82) is 0 Å². The SMILES string of the molecule is CC(c1ccc(F)cc1O)N1CC2CCCC2C1C(=O)O. The minimum Gasteiger partial charge on any atom is -0.508 e. The Morgan fingerprint density at radius 2 is 2.19 bits per heavy atom. The molecule has 1 saturated heterocycles. The molecule has 3 rings (SSSR count). The van der Waals surface area contributed by atoms with E-state index in [1.807, 2.05) is 11.8 Å². The fourth-order valence-electron chi connectivity index (χ4n) is 4.11. The van der Waals surface area contributed by atoms with E-state index in [1.165, 1.54) is 6.07 Å². The van der Waals surface area contributed by atoms with Crippen molar-refractivity contribution < 1.29 is 19.4 Å². The van der Waals surface area contributed by atoms with E-state index in [0.29, 0.717) is 11.5 Å². The third kappa shape index (κ3) is 2.39. The Morgan fingerprint density at radius 1 is 1.43 bits per heavy atom. The predicted molar refractivity (Wildman–Crippen MR) is 75.4 cm³/mol. The van der Waals surface area contributed by atoms with E-state index in [-0.39, 0.29) is 17.7 Å². The molecule has 1 aromatic rings. The van der Waals surface area contributed by atoms with Crippen LogP contribution in [0, 0.1) is 17.7 Å². The number of carboxylic acid groups (broad SMARTS) is 1. The molecule has 2 fully saturated rings. The third-order valence-corrected chi connectivity index (χ3v) is 5.12. The van der Waals surface area contributed by atoms with Gasteiger partial charge in [0.15, 0.2) is 0 Å². The lowest BCUT2D eigenvalue weighted by Gasteiger charge is -2.30. The van der Waals surface area contributed by atoms with E-state index in [9.17, 15) is 19.4 Å². The molecule has 0 bridgehead atoms. The Balaban J connectivity index is 1.89. The summed E-state index contributed by atoms with van der Waals surface area (Å²) in [6.07, 6.45) is 3.14. The van der Waals surface area contributed by atoms with E-state index < -0.39 is 17.8 Å². The number of fused-ring (bicyclic) bond motifs is 1. The summed E-state index contributed by atoms with van der Waals surface area (Å²) in [6, 6.07) is 3.19. The highest BCUT2D eigenvalue weighted by atomic mass is 19.1. The minimum absolute atomic E-state index is 0.108. The minimum atomic E-state index is -0.794. The van der Waals surface area contributed by atoms with Gasteiger partial charge in [-0.1, -0.05) is 12.5 Å². The Hall–Kier alpha value is -1.62. The van der Waals surface area contributed by atoms with Crippen molar-refractivity contribution >= 4 is 5.97 Å². The molecule has 1 saturated carbocycles. The lowest BCUT2D eigenvalue weighted by Crippen LogP contribution is -2.41. The fourth-order valence-corrected chi connectivity index (χ4v) is 4.11. The number of phenolic OH excluding ortho intramolecular Hbond substituents is 1. The first kappa shape index (κ1) is 14.3. The van der Waals surface area contributed by atoms with Crippen LogP contribution in [0.5, 0.6) is 5.75 Å². The third-order valence-electron chi connectivity index (χ3n) is 5.12. The van der Waals surface area contributed by atoms with Crippen LogP contribution in [0.3, 0.4) is 0 Å². The van der Waals surface area contributed by atoms with Gasteiger partial charge >= 0.3 is 5.97 Å². The first-order chi connectivity index (χ1) is 9.99. The summed E-state index contributed by atoms with van der Waals surface area (Å²) in [4.78, 5) is 13.6. The largest absolute Gasteiger partial charge is 0.508 e. The molecule has 4 atom stereocenters. The Morgan fingerprint density at radius 3 is 2.86 bits per heavy atom. The molecular formula is C16H20FNO3. The normalized spacial score (nSPS) is 30.3. The van der Waals surface area contributed by atoms with Crippen LogP contribution in [-0.4, -0.2) is 33.7 Å². The van der Waals surface area contributed by atoms with Gasteiger partial charge in [-0.25, -0.2) is 4.39 Å². The maximum Gasteiger partial charge on any atom is 0.321 e. The number of phenols is 1. The molecule has 2 N–H and O–H groups in total. The second-order valence-electron chi connectivity index (χ2n) is 6.21. The summed E-state index contributed by atoms with van der Waals surface area (Å²) in [5.41, 5.74) is 0.586. The Bertz CT molecular complexity index is 562. The lowest BCUT2D eigenvalue weighted by atomic mass is 9.94. The Kier molecular flexibility index (Phi) is 3.61. The number of carbonyl (C=O) groups is 1. The van der Waals surface area contributed by atoms with Gasteiger partial charge in [-0.15, -0.1) is 0 Å². The average Bonchev–Trinajstić information content (AvgIpc) is 2.96. The zero-order chi connectivity index (χ0) is 15.1. The molecule has 0 aromatic heterocycles. The average molecular weight is 293 g/mol. The second-order valence-corrected chi connectivity index (χ2v) is 6.21. The summed E-state index contributed by atoms with van der Waals surface area (Å²) in [6.45, 7) is 2.61. The van der Waals surface area contributed by atoms with Crippen molar-refractivity contribution in [3.8, 4) is 5.75 Å². The molecule has 1 heterocycles. The number of aromatic hydroxyl groups is 1. The van der Waals surface area contributed by atoms with Gasteiger partial charge in [-0.05, 0) is 37.7 Å². The maximum absolute atomic E-state index is 13.1. The van der Waals surface area contributed by atoms with Crippen molar-refractivity contribution in [3.63, 3.8) is 0 Å². The molecule has 5 heteroatoms. The molecule has 0 radical (unpaired) electrons. The molecule has 1 aliphatic heterocycles. The molecule has 2 aliphatic rings. The summed E-state index contributed by atoms with van der Waals surface area (Å²) in [5, 5.41) is 19.5. The number of nitrogens with zero attached hydrogens (tertiary/aromatic N) is 1. The quantitative estimate of drug-likeness (QED) is 0.899. The number of carboxylic acids is 1. The van der Waals surface area contributed by atoms with Gasteiger partial charge in [-0.2, -0.15) is 0 Å². The number of likely N-dealkylation sites (tertiary alicyclic amines) is 1.